The average molecular weight is 446 g/mol. The fourth-order valence-corrected chi connectivity index (χ4v) is 4.50. The van der Waals surface area contributed by atoms with Crippen LogP contribution in [0.5, 0.6) is 0 Å². The Balaban J connectivity index is 3.30. The molecule has 0 saturated carbocycles. The Morgan fingerprint density at radius 1 is 1.41 bits per heavy atom. The summed E-state index contributed by atoms with van der Waals surface area (Å²) in [6, 6.07) is 0. The Morgan fingerprint density at radius 3 is 2.72 bits per heavy atom. The molecule has 29 heavy (non-hydrogen) atoms. The SMILES string of the molecule is CCCC(=NOCC=CCl)C1=C(O)C(C(=O)OCC)C(CC(C)SCC)CC1=O. The number of hydrogen-bond donors (Lipinski definition) is 1. The molecule has 0 amide bonds. The molecule has 1 aliphatic rings. The minimum atomic E-state index is -0.868. The van der Waals surface area contributed by atoms with Gasteiger partial charge in [-0.2, -0.15) is 11.8 Å². The highest BCUT2D eigenvalue weighted by atomic mass is 35.5. The van der Waals surface area contributed by atoms with Gasteiger partial charge in [0.25, 0.3) is 0 Å². The first-order chi connectivity index (χ1) is 13.9. The van der Waals surface area contributed by atoms with Crippen LogP contribution in [0.15, 0.2) is 28.1 Å². The Kier molecular flexibility index (Phi) is 12.1. The van der Waals surface area contributed by atoms with Gasteiger partial charge in [-0.1, -0.05) is 43.9 Å². The highest BCUT2D eigenvalue weighted by molar-refractivity contribution is 7.99. The predicted octanol–water partition coefficient (Wildman–Crippen LogP) is 5.02. The van der Waals surface area contributed by atoms with Crippen LogP contribution in [-0.2, 0) is 19.2 Å². The van der Waals surface area contributed by atoms with Crippen LogP contribution in [0.4, 0.5) is 0 Å². The lowest BCUT2D eigenvalue weighted by Gasteiger charge is -2.32. The molecule has 0 fully saturated rings. The van der Waals surface area contributed by atoms with Crippen molar-refractivity contribution >= 4 is 40.8 Å². The molecule has 0 aliphatic heterocycles. The maximum Gasteiger partial charge on any atom is 0.316 e. The molecule has 0 bridgehead atoms. The van der Waals surface area contributed by atoms with Crippen molar-refractivity contribution < 1.29 is 24.3 Å². The molecule has 3 unspecified atom stereocenters. The lowest BCUT2D eigenvalue weighted by Crippen LogP contribution is -2.38. The van der Waals surface area contributed by atoms with Crippen LogP contribution in [-0.4, -0.2) is 46.8 Å². The second kappa shape index (κ2) is 13.7. The summed E-state index contributed by atoms with van der Waals surface area (Å²) in [5.74, 6) is -1.20. The number of esters is 1. The van der Waals surface area contributed by atoms with E-state index >= 15 is 0 Å². The van der Waals surface area contributed by atoms with E-state index in [-0.39, 0.29) is 47.9 Å². The lowest BCUT2D eigenvalue weighted by molar-refractivity contribution is -0.150. The molecular formula is C21H32ClNO5S. The number of nitrogens with zero attached hydrogens (tertiary/aromatic N) is 1. The number of rotatable bonds is 12. The molecule has 8 heteroatoms. The number of oxime groups is 1. The van der Waals surface area contributed by atoms with E-state index < -0.39 is 11.9 Å². The second-order valence-corrected chi connectivity index (χ2v) is 8.79. The van der Waals surface area contributed by atoms with E-state index in [1.807, 2.05) is 6.92 Å². The number of ketones is 1. The van der Waals surface area contributed by atoms with Crippen molar-refractivity contribution in [1.29, 1.82) is 0 Å². The molecule has 0 saturated heterocycles. The second-order valence-electron chi connectivity index (χ2n) is 6.82. The zero-order valence-corrected chi connectivity index (χ0v) is 19.2. The molecule has 1 rings (SSSR count). The molecule has 0 aromatic carbocycles. The first-order valence-electron chi connectivity index (χ1n) is 10.1. The minimum absolute atomic E-state index is 0.0896. The number of ether oxygens (including phenoxy) is 1. The molecule has 6 nitrogen and oxygen atoms in total. The van der Waals surface area contributed by atoms with Crippen LogP contribution in [0.2, 0.25) is 0 Å². The molecule has 1 N–H and O–H groups in total. The third-order valence-corrected chi connectivity index (χ3v) is 5.86. The van der Waals surface area contributed by atoms with E-state index in [1.165, 1.54) is 5.54 Å². The van der Waals surface area contributed by atoms with Gasteiger partial charge < -0.3 is 14.7 Å². The molecule has 3 atom stereocenters. The van der Waals surface area contributed by atoms with Crippen molar-refractivity contribution in [3.8, 4) is 0 Å². The number of halogens is 1. The van der Waals surface area contributed by atoms with Crippen molar-refractivity contribution in [3.63, 3.8) is 0 Å². The highest BCUT2D eigenvalue weighted by Crippen LogP contribution is 2.38. The van der Waals surface area contributed by atoms with Gasteiger partial charge in [0.1, 0.15) is 18.3 Å². The number of thioether (sulfide) groups is 1. The van der Waals surface area contributed by atoms with Gasteiger partial charge in [-0.05, 0) is 37.5 Å². The first kappa shape index (κ1) is 25.6. The maximum atomic E-state index is 12.9. The fourth-order valence-electron chi connectivity index (χ4n) is 3.47. The van der Waals surface area contributed by atoms with Gasteiger partial charge in [-0.25, -0.2) is 0 Å². The van der Waals surface area contributed by atoms with Crippen LogP contribution < -0.4 is 0 Å². The van der Waals surface area contributed by atoms with Gasteiger partial charge >= 0.3 is 5.97 Å². The number of carbonyl (C=O) groups excluding carboxylic acids is 2. The number of aliphatic hydroxyl groups is 1. The Morgan fingerprint density at radius 2 is 2.14 bits per heavy atom. The largest absolute Gasteiger partial charge is 0.511 e. The van der Waals surface area contributed by atoms with E-state index in [9.17, 15) is 14.7 Å². The van der Waals surface area contributed by atoms with Gasteiger partial charge in [-0.15, -0.1) is 0 Å². The summed E-state index contributed by atoms with van der Waals surface area (Å²) in [5, 5.41) is 15.3. The van der Waals surface area contributed by atoms with Crippen molar-refractivity contribution in [2.75, 3.05) is 19.0 Å². The number of carbonyl (C=O) groups is 2. The Hall–Kier alpha value is -1.47. The zero-order valence-electron chi connectivity index (χ0n) is 17.7. The highest BCUT2D eigenvalue weighted by Gasteiger charge is 2.43. The van der Waals surface area contributed by atoms with E-state index in [2.05, 4.69) is 19.0 Å². The number of aliphatic hydroxyl groups excluding tert-OH is 1. The molecule has 0 spiro atoms. The lowest BCUT2D eigenvalue weighted by atomic mass is 9.74. The van der Waals surface area contributed by atoms with E-state index in [1.54, 1.807) is 24.8 Å². The van der Waals surface area contributed by atoms with Crippen molar-refractivity contribution in [1.82, 2.24) is 0 Å². The van der Waals surface area contributed by atoms with Crippen LogP contribution in [0.3, 0.4) is 0 Å². The van der Waals surface area contributed by atoms with E-state index in [0.717, 1.165) is 5.75 Å². The van der Waals surface area contributed by atoms with Gasteiger partial charge in [0.05, 0.1) is 17.9 Å². The van der Waals surface area contributed by atoms with E-state index in [0.29, 0.717) is 25.0 Å². The quantitative estimate of drug-likeness (QED) is 0.196. The Labute approximate surface area is 182 Å². The molecule has 0 radical (unpaired) electrons. The summed E-state index contributed by atoms with van der Waals surface area (Å²) in [5.41, 5.74) is 1.75. The zero-order chi connectivity index (χ0) is 21.8. The van der Waals surface area contributed by atoms with E-state index in [4.69, 9.17) is 21.2 Å². The molecular weight excluding hydrogens is 414 g/mol. The van der Waals surface area contributed by atoms with Crippen molar-refractivity contribution in [3.05, 3.63) is 22.9 Å². The number of Topliss-reactive ketones (excluding diaryl/α,β-unsaturated/α-hetero) is 1. The van der Waals surface area contributed by atoms with Crippen LogP contribution in [0.25, 0.3) is 0 Å². The van der Waals surface area contributed by atoms with Crippen molar-refractivity contribution in [2.45, 2.75) is 58.6 Å². The van der Waals surface area contributed by atoms with Gasteiger partial charge in [-0.3, -0.25) is 9.59 Å². The summed E-state index contributed by atoms with van der Waals surface area (Å²) in [6.07, 6.45) is 3.52. The summed E-state index contributed by atoms with van der Waals surface area (Å²) < 4.78 is 5.21. The third-order valence-electron chi connectivity index (χ3n) is 4.58. The Bertz CT molecular complexity index is 647. The first-order valence-corrected chi connectivity index (χ1v) is 11.6. The summed E-state index contributed by atoms with van der Waals surface area (Å²) in [4.78, 5) is 30.8. The smallest absolute Gasteiger partial charge is 0.316 e. The normalized spacial score (nSPS) is 21.6. The number of hydrogen-bond acceptors (Lipinski definition) is 7. The predicted molar refractivity (Wildman–Crippen MR) is 118 cm³/mol. The van der Waals surface area contributed by atoms with Crippen LogP contribution in [0.1, 0.15) is 53.4 Å². The fraction of sp³-hybridized carbons (Fsp3) is 0.667. The topological polar surface area (TPSA) is 85.2 Å². The maximum absolute atomic E-state index is 12.9. The monoisotopic (exact) mass is 445 g/mol. The summed E-state index contributed by atoms with van der Waals surface area (Å²) in [6.45, 7) is 8.16. The van der Waals surface area contributed by atoms with Gasteiger partial charge in [0.15, 0.2) is 5.78 Å². The third kappa shape index (κ3) is 7.70. The van der Waals surface area contributed by atoms with Gasteiger partial charge in [0.2, 0.25) is 0 Å². The summed E-state index contributed by atoms with van der Waals surface area (Å²) >= 11 is 7.23. The summed E-state index contributed by atoms with van der Waals surface area (Å²) in [7, 11) is 0. The molecule has 0 aromatic rings. The van der Waals surface area contributed by atoms with Crippen molar-refractivity contribution in [2.24, 2.45) is 17.0 Å². The molecule has 1 aliphatic carbocycles. The van der Waals surface area contributed by atoms with Crippen LogP contribution in [0, 0.1) is 11.8 Å². The standard InChI is InChI=1S/C21H32ClNO5S/c1-5-9-16(23-28-11-8-10-22)19-17(24)13-15(12-14(4)29-7-3)18(20(19)25)21(26)27-6-2/h8,10,14-15,18,25H,5-7,9,11-13H2,1-4H3. The van der Waals surface area contributed by atoms with Crippen LogP contribution >= 0.6 is 23.4 Å². The number of allylic oxidation sites excluding steroid dienone is 1. The average Bonchev–Trinajstić information content (AvgIpc) is 2.65. The van der Waals surface area contributed by atoms with Gasteiger partial charge in [0, 0.05) is 17.2 Å². The molecule has 0 aromatic heterocycles. The molecule has 0 heterocycles. The molecule has 164 valence electrons. The minimum Gasteiger partial charge on any atom is -0.511 e.